The highest BCUT2D eigenvalue weighted by atomic mass is 16.6. The molecule has 0 aromatic heterocycles. The first-order chi connectivity index (χ1) is 16.1. The van der Waals surface area contributed by atoms with Crippen molar-refractivity contribution in [2.45, 2.75) is 83.9 Å². The van der Waals surface area contributed by atoms with Crippen LogP contribution in [-0.2, 0) is 30.2 Å². The van der Waals surface area contributed by atoms with Crippen LogP contribution < -0.4 is 5.32 Å². The molecular formula is C26H40N2O6. The zero-order valence-corrected chi connectivity index (χ0v) is 21.2. The third-order valence-electron chi connectivity index (χ3n) is 5.67. The molecule has 1 N–H and O–H groups in total. The Balaban J connectivity index is 2.09. The van der Waals surface area contributed by atoms with Crippen LogP contribution in [0.15, 0.2) is 30.3 Å². The molecule has 2 rings (SSSR count). The number of carbonyl (C=O) groups is 3. The Morgan fingerprint density at radius 1 is 1.03 bits per heavy atom. The van der Waals surface area contributed by atoms with Crippen LogP contribution in [0, 0.1) is 0 Å². The van der Waals surface area contributed by atoms with Gasteiger partial charge >= 0.3 is 18.0 Å². The van der Waals surface area contributed by atoms with E-state index in [1.807, 2.05) is 23.1 Å². The molecule has 1 aromatic rings. The van der Waals surface area contributed by atoms with E-state index in [4.69, 9.17) is 14.2 Å². The maximum Gasteiger partial charge on any atom is 0.408 e. The minimum Gasteiger partial charge on any atom is -0.465 e. The maximum atomic E-state index is 13.0. The summed E-state index contributed by atoms with van der Waals surface area (Å²) in [5.74, 6) is -0.967. The van der Waals surface area contributed by atoms with Crippen LogP contribution in [0.2, 0.25) is 0 Å². The minimum atomic E-state index is -1.38. The number of nitrogens with zero attached hydrogens (tertiary/aromatic N) is 1. The molecular weight excluding hydrogens is 436 g/mol. The van der Waals surface area contributed by atoms with Gasteiger partial charge in [-0.3, -0.25) is 9.69 Å². The third-order valence-corrected chi connectivity index (χ3v) is 5.67. The van der Waals surface area contributed by atoms with Crippen molar-refractivity contribution in [2.24, 2.45) is 0 Å². The second-order valence-corrected chi connectivity index (χ2v) is 9.67. The molecule has 8 nitrogen and oxygen atoms in total. The smallest absolute Gasteiger partial charge is 0.408 e. The first kappa shape index (κ1) is 27.6. The van der Waals surface area contributed by atoms with Crippen molar-refractivity contribution in [3.05, 3.63) is 35.9 Å². The minimum absolute atomic E-state index is 0.0773. The van der Waals surface area contributed by atoms with Gasteiger partial charge in [-0.2, -0.15) is 0 Å². The molecule has 190 valence electrons. The van der Waals surface area contributed by atoms with E-state index >= 15 is 0 Å². The largest absolute Gasteiger partial charge is 0.465 e. The van der Waals surface area contributed by atoms with Gasteiger partial charge in [0.2, 0.25) is 0 Å². The molecule has 1 aliphatic rings. The number of alkyl carbamates (subject to hydrolysis) is 1. The average Bonchev–Trinajstić information content (AvgIpc) is 3.13. The van der Waals surface area contributed by atoms with Gasteiger partial charge in [0.25, 0.3) is 0 Å². The van der Waals surface area contributed by atoms with Crippen LogP contribution >= 0.6 is 0 Å². The number of unbranched alkanes of at least 4 members (excludes halogenated alkanes) is 2. The number of nitrogens with one attached hydrogen (secondary N) is 1. The maximum absolute atomic E-state index is 13.0. The number of rotatable bonds is 11. The number of hydrogen-bond donors (Lipinski definition) is 1. The number of amides is 1. The fourth-order valence-electron chi connectivity index (χ4n) is 4.21. The van der Waals surface area contributed by atoms with Gasteiger partial charge < -0.3 is 19.5 Å². The fraction of sp³-hybridized carbons (Fsp3) is 0.654. The van der Waals surface area contributed by atoms with Gasteiger partial charge in [-0.05, 0) is 66.0 Å². The van der Waals surface area contributed by atoms with Crippen molar-refractivity contribution in [3.63, 3.8) is 0 Å². The van der Waals surface area contributed by atoms with Gasteiger partial charge in [0, 0.05) is 13.0 Å². The molecule has 1 aromatic carbocycles. The number of aryl methyl sites for hydroxylation is 1. The lowest BCUT2D eigenvalue weighted by atomic mass is 9.96. The fourth-order valence-corrected chi connectivity index (χ4v) is 4.21. The van der Waals surface area contributed by atoms with E-state index in [2.05, 4.69) is 17.4 Å². The Hall–Kier alpha value is -2.61. The molecule has 1 saturated heterocycles. The topological polar surface area (TPSA) is 94.2 Å². The van der Waals surface area contributed by atoms with Gasteiger partial charge in [0.05, 0.1) is 13.2 Å². The highest BCUT2D eigenvalue weighted by molar-refractivity contribution is 5.89. The summed E-state index contributed by atoms with van der Waals surface area (Å²) in [4.78, 5) is 40.3. The molecule has 2 unspecified atom stereocenters. The second-order valence-electron chi connectivity index (χ2n) is 9.67. The van der Waals surface area contributed by atoms with Crippen LogP contribution in [-0.4, -0.2) is 66.4 Å². The Bertz CT molecular complexity index is 807. The van der Waals surface area contributed by atoms with E-state index in [1.54, 1.807) is 34.6 Å². The summed E-state index contributed by atoms with van der Waals surface area (Å²) in [6, 6.07) is 9.67. The Labute approximate surface area is 203 Å². The quantitative estimate of drug-likeness (QED) is 0.294. The normalized spacial score (nSPS) is 20.6. The van der Waals surface area contributed by atoms with Crippen LogP contribution in [0.3, 0.4) is 0 Å². The van der Waals surface area contributed by atoms with E-state index in [0.29, 0.717) is 6.54 Å². The Morgan fingerprint density at radius 3 is 2.32 bits per heavy atom. The molecule has 0 radical (unpaired) electrons. The van der Waals surface area contributed by atoms with Gasteiger partial charge in [0.15, 0.2) is 5.54 Å². The van der Waals surface area contributed by atoms with Gasteiger partial charge in [-0.25, -0.2) is 9.59 Å². The molecule has 1 heterocycles. The summed E-state index contributed by atoms with van der Waals surface area (Å²) < 4.78 is 16.0. The second kappa shape index (κ2) is 12.7. The van der Waals surface area contributed by atoms with E-state index < -0.39 is 35.2 Å². The number of esters is 2. The molecule has 34 heavy (non-hydrogen) atoms. The van der Waals surface area contributed by atoms with Crippen molar-refractivity contribution >= 4 is 18.0 Å². The molecule has 1 amide bonds. The molecule has 0 spiro atoms. The van der Waals surface area contributed by atoms with Crippen molar-refractivity contribution in [2.75, 3.05) is 26.3 Å². The van der Waals surface area contributed by atoms with E-state index in [0.717, 1.165) is 25.7 Å². The summed E-state index contributed by atoms with van der Waals surface area (Å²) in [7, 11) is 0. The standard InChI is InChI=1S/C26H40N2O6/c1-6-32-22(29)21-18-26(23(30)33-7-2,27-24(31)34-25(3,4)5)19-28(21)17-13-9-12-16-20-14-10-8-11-15-20/h8,10-11,14-15,21H,6-7,9,12-13,16-19H2,1-5H3,(H,27,31). The predicted molar refractivity (Wildman–Crippen MR) is 129 cm³/mol. The lowest BCUT2D eigenvalue weighted by Crippen LogP contribution is -2.58. The summed E-state index contributed by atoms with van der Waals surface area (Å²) in [5, 5.41) is 2.73. The SMILES string of the molecule is CCOC(=O)C1CC(NC(=O)OC(C)(C)C)(C(=O)OCC)CN1CCCCCc1ccccc1. The molecule has 1 fully saturated rings. The Kier molecular flexibility index (Phi) is 10.4. The lowest BCUT2D eigenvalue weighted by Gasteiger charge is -2.29. The molecule has 1 aliphatic heterocycles. The summed E-state index contributed by atoms with van der Waals surface area (Å²) in [6.07, 6.45) is 3.22. The predicted octanol–water partition coefficient (Wildman–Crippen LogP) is 3.86. The molecule has 2 atom stereocenters. The zero-order chi connectivity index (χ0) is 25.2. The van der Waals surface area contributed by atoms with Gasteiger partial charge in [0.1, 0.15) is 11.6 Å². The van der Waals surface area contributed by atoms with Crippen LogP contribution in [0.5, 0.6) is 0 Å². The van der Waals surface area contributed by atoms with Gasteiger partial charge in [-0.1, -0.05) is 36.8 Å². The zero-order valence-electron chi connectivity index (χ0n) is 21.2. The van der Waals surface area contributed by atoms with Crippen molar-refractivity contribution < 1.29 is 28.6 Å². The summed E-state index contributed by atoms with van der Waals surface area (Å²) >= 11 is 0. The van der Waals surface area contributed by atoms with Gasteiger partial charge in [-0.15, -0.1) is 0 Å². The number of hydrogen-bond acceptors (Lipinski definition) is 7. The van der Waals surface area contributed by atoms with Crippen molar-refractivity contribution in [1.29, 1.82) is 0 Å². The monoisotopic (exact) mass is 476 g/mol. The molecule has 8 heteroatoms. The van der Waals surface area contributed by atoms with Crippen LogP contribution in [0.4, 0.5) is 4.79 Å². The first-order valence-corrected chi connectivity index (χ1v) is 12.2. The van der Waals surface area contributed by atoms with E-state index in [-0.39, 0.29) is 26.2 Å². The summed E-state index contributed by atoms with van der Waals surface area (Å²) in [6.45, 7) is 9.89. The van der Waals surface area contributed by atoms with Crippen LogP contribution in [0.1, 0.15) is 65.9 Å². The average molecular weight is 477 g/mol. The Morgan fingerprint density at radius 2 is 1.71 bits per heavy atom. The highest BCUT2D eigenvalue weighted by Gasteiger charge is 2.54. The van der Waals surface area contributed by atoms with E-state index in [9.17, 15) is 14.4 Å². The molecule has 0 saturated carbocycles. The third kappa shape index (κ3) is 8.31. The van der Waals surface area contributed by atoms with Crippen molar-refractivity contribution in [1.82, 2.24) is 10.2 Å². The highest BCUT2D eigenvalue weighted by Crippen LogP contribution is 2.31. The lowest BCUT2D eigenvalue weighted by molar-refractivity contribution is -0.150. The van der Waals surface area contributed by atoms with Crippen LogP contribution in [0.25, 0.3) is 0 Å². The number of carbonyl (C=O) groups excluding carboxylic acids is 3. The summed E-state index contributed by atoms with van der Waals surface area (Å²) in [5.41, 5.74) is -0.798. The van der Waals surface area contributed by atoms with Crippen molar-refractivity contribution in [3.8, 4) is 0 Å². The molecule has 0 aliphatic carbocycles. The first-order valence-electron chi connectivity index (χ1n) is 12.2. The van der Waals surface area contributed by atoms with E-state index in [1.165, 1.54) is 5.56 Å². The molecule has 0 bridgehead atoms. The number of likely N-dealkylation sites (tertiary alicyclic amines) is 1. The number of benzene rings is 1. The number of ether oxygens (including phenoxy) is 3.